The normalized spacial score (nSPS) is 30.1. The number of benzene rings is 4. The fourth-order valence-corrected chi connectivity index (χ4v) is 8.27. The molecular formula is C36H36N6O2. The topological polar surface area (TPSA) is 138 Å². The molecule has 0 amide bonds. The van der Waals surface area contributed by atoms with Crippen molar-refractivity contribution in [2.24, 2.45) is 16.5 Å². The Morgan fingerprint density at radius 3 is 2.16 bits per heavy atom. The second kappa shape index (κ2) is 9.06. The predicted molar refractivity (Wildman–Crippen MR) is 176 cm³/mol. The molecule has 2 spiro atoms. The van der Waals surface area contributed by atoms with Crippen molar-refractivity contribution in [2.75, 3.05) is 16.0 Å². The van der Waals surface area contributed by atoms with E-state index in [2.05, 4.69) is 40.2 Å². The van der Waals surface area contributed by atoms with Crippen LogP contribution in [0.15, 0.2) is 71.4 Å². The Labute approximate surface area is 254 Å². The van der Waals surface area contributed by atoms with Crippen LogP contribution < -0.4 is 38.0 Å². The van der Waals surface area contributed by atoms with Gasteiger partial charge in [0.25, 0.3) is 0 Å². The number of anilines is 3. The molecule has 0 unspecified atom stereocenters. The summed E-state index contributed by atoms with van der Waals surface area (Å²) in [5, 5.41) is 28.9. The summed E-state index contributed by atoms with van der Waals surface area (Å²) in [5.41, 5.74) is 16.0. The van der Waals surface area contributed by atoms with E-state index in [0.717, 1.165) is 106 Å². The van der Waals surface area contributed by atoms with Crippen LogP contribution in [0.2, 0.25) is 0 Å². The van der Waals surface area contributed by atoms with Crippen LogP contribution in [0.25, 0.3) is 32.7 Å². The molecule has 2 aliphatic heterocycles. The second-order valence-electron chi connectivity index (χ2n) is 13.5. The molecule has 5 aliphatic rings. The number of Topliss-reactive ketones (excluding diaryl/α,β-unsaturated/α-hetero) is 1. The number of nitrogens with two attached hydrogens (primary N) is 2. The van der Waals surface area contributed by atoms with Gasteiger partial charge in [0.1, 0.15) is 17.1 Å². The fraction of sp³-hybridized carbons (Fsp3) is 0.333. The van der Waals surface area contributed by atoms with Crippen molar-refractivity contribution in [3.8, 4) is 0 Å². The number of allylic oxidation sites excluding steroid dienone is 2. The largest absolute Gasteiger partial charge is 0.506 e. The molecule has 2 heterocycles. The van der Waals surface area contributed by atoms with E-state index in [1.807, 2.05) is 36.4 Å². The lowest BCUT2D eigenvalue weighted by Crippen LogP contribution is -2.52. The molecule has 222 valence electrons. The summed E-state index contributed by atoms with van der Waals surface area (Å²) < 4.78 is 0. The Morgan fingerprint density at radius 2 is 1.41 bits per heavy atom. The van der Waals surface area contributed by atoms with Gasteiger partial charge in [-0.05, 0) is 74.3 Å². The van der Waals surface area contributed by atoms with Gasteiger partial charge in [0.2, 0.25) is 5.78 Å². The van der Waals surface area contributed by atoms with E-state index in [9.17, 15) is 9.90 Å². The molecule has 2 fully saturated rings. The van der Waals surface area contributed by atoms with Crippen LogP contribution in [0, 0.1) is 0 Å². The van der Waals surface area contributed by atoms with Crippen LogP contribution in [0.3, 0.4) is 0 Å². The molecule has 8 nitrogen and oxygen atoms in total. The molecule has 9 rings (SSSR count). The lowest BCUT2D eigenvalue weighted by molar-refractivity contribution is -0.109. The average Bonchev–Trinajstić information content (AvgIpc) is 3.03. The van der Waals surface area contributed by atoms with E-state index in [0.29, 0.717) is 11.1 Å². The first-order valence-electron chi connectivity index (χ1n) is 15.9. The molecule has 0 bridgehead atoms. The minimum Gasteiger partial charge on any atom is -0.506 e. The van der Waals surface area contributed by atoms with E-state index in [4.69, 9.17) is 16.5 Å². The number of carbonyl (C=O) groups is 1. The predicted octanol–water partition coefficient (Wildman–Crippen LogP) is 4.77. The molecule has 8 heteroatoms. The van der Waals surface area contributed by atoms with E-state index in [1.54, 1.807) is 0 Å². The Balaban J connectivity index is 1.22. The quantitative estimate of drug-likeness (QED) is 0.190. The van der Waals surface area contributed by atoms with Crippen LogP contribution in [-0.4, -0.2) is 34.3 Å². The standard InChI is InChI=1S/C36H36N6O2/c37-21-11-15-35(16-12-21)39-25-5-1-3-19-7-9-23(31(41-35)27(19)25)29-33(43)30(34(29)44)24-10-8-20-4-2-6-26-28(20)32(24)42-36(40-26)17-13-22(38)14-18-36/h1-10,21-22,39,41-43H,11-18,37-38H2/b30-24+. The molecule has 2 saturated carbocycles. The smallest absolute Gasteiger partial charge is 0.201 e. The van der Waals surface area contributed by atoms with Crippen molar-refractivity contribution >= 4 is 55.5 Å². The molecule has 44 heavy (non-hydrogen) atoms. The summed E-state index contributed by atoms with van der Waals surface area (Å²) in [6.45, 7) is 0. The summed E-state index contributed by atoms with van der Waals surface area (Å²) >= 11 is 0. The highest BCUT2D eigenvalue weighted by Crippen LogP contribution is 2.49. The Hall–Kier alpha value is -4.40. The maximum Gasteiger partial charge on any atom is 0.201 e. The number of aliphatic hydroxyl groups excluding tert-OH is 1. The molecule has 4 aromatic carbocycles. The van der Waals surface area contributed by atoms with E-state index in [1.165, 1.54) is 0 Å². The molecular weight excluding hydrogens is 548 g/mol. The number of rotatable bonds is 1. The Kier molecular flexibility index (Phi) is 5.36. The van der Waals surface area contributed by atoms with Crippen molar-refractivity contribution < 1.29 is 9.90 Å². The number of hydrogen-bond acceptors (Lipinski definition) is 8. The highest BCUT2D eigenvalue weighted by molar-refractivity contribution is 6.52. The molecule has 0 radical (unpaired) electrons. The maximum atomic E-state index is 14.2. The summed E-state index contributed by atoms with van der Waals surface area (Å²) in [5.74, 6) is -0.104. The van der Waals surface area contributed by atoms with Gasteiger partial charge >= 0.3 is 0 Å². The summed E-state index contributed by atoms with van der Waals surface area (Å²) in [7, 11) is 0. The molecule has 4 aromatic rings. The van der Waals surface area contributed by atoms with Crippen molar-refractivity contribution in [3.63, 3.8) is 0 Å². The third kappa shape index (κ3) is 3.64. The van der Waals surface area contributed by atoms with Gasteiger partial charge < -0.3 is 32.5 Å². The molecule has 0 atom stereocenters. The van der Waals surface area contributed by atoms with Gasteiger partial charge in [-0.1, -0.05) is 48.5 Å². The first-order chi connectivity index (χ1) is 21.3. The van der Waals surface area contributed by atoms with Crippen LogP contribution in [0.1, 0.15) is 56.9 Å². The number of carbonyl (C=O) groups excluding carboxylic acids is 1. The number of nitrogens with one attached hydrogen (secondary N) is 3. The Bertz CT molecular complexity index is 2080. The monoisotopic (exact) mass is 584 g/mol. The zero-order chi connectivity index (χ0) is 29.8. The van der Waals surface area contributed by atoms with Crippen LogP contribution in [0.5, 0.6) is 0 Å². The molecule has 0 saturated heterocycles. The first kappa shape index (κ1) is 26.0. The van der Waals surface area contributed by atoms with Crippen molar-refractivity contribution in [1.29, 1.82) is 0 Å². The van der Waals surface area contributed by atoms with Crippen molar-refractivity contribution in [3.05, 3.63) is 82.6 Å². The van der Waals surface area contributed by atoms with Gasteiger partial charge in [-0.2, -0.15) is 0 Å². The zero-order valence-electron chi connectivity index (χ0n) is 24.5. The van der Waals surface area contributed by atoms with Gasteiger partial charge in [-0.25, -0.2) is 0 Å². The van der Waals surface area contributed by atoms with Crippen LogP contribution in [0.4, 0.5) is 17.1 Å². The van der Waals surface area contributed by atoms with E-state index < -0.39 is 5.66 Å². The van der Waals surface area contributed by atoms with E-state index in [-0.39, 0.29) is 29.3 Å². The van der Waals surface area contributed by atoms with Crippen molar-refractivity contribution in [2.45, 2.75) is 74.8 Å². The molecule has 0 aromatic heterocycles. The zero-order valence-corrected chi connectivity index (χ0v) is 24.5. The lowest BCUT2D eigenvalue weighted by atomic mass is 9.78. The van der Waals surface area contributed by atoms with Gasteiger partial charge in [0.05, 0.1) is 27.9 Å². The highest BCUT2D eigenvalue weighted by Gasteiger charge is 2.43. The average molecular weight is 585 g/mol. The highest BCUT2D eigenvalue weighted by atomic mass is 16.3. The minimum absolute atomic E-state index is 0.0419. The van der Waals surface area contributed by atoms with Crippen LogP contribution >= 0.6 is 0 Å². The maximum absolute atomic E-state index is 14.2. The minimum atomic E-state index is -0.463. The number of hydrogen-bond donors (Lipinski definition) is 6. The lowest BCUT2D eigenvalue weighted by Gasteiger charge is -2.46. The third-order valence-corrected chi connectivity index (χ3v) is 10.7. The SMILES string of the molecule is NC1CCC2(CC1)N=c1cccc3cc/c(=C4\C(=O)C(c5ccc6cccc7c6c5NC5(CCC(N)CC5)N7)=C4O)c(c13)N2. The summed E-state index contributed by atoms with van der Waals surface area (Å²) in [6, 6.07) is 20.8. The number of ketones is 1. The third-order valence-electron chi connectivity index (χ3n) is 10.7. The Morgan fingerprint density at radius 1 is 0.727 bits per heavy atom. The summed E-state index contributed by atoms with van der Waals surface area (Å²) in [6.07, 6.45) is 7.00. The molecule has 8 N–H and O–H groups in total. The van der Waals surface area contributed by atoms with Gasteiger partial charge in [-0.3, -0.25) is 9.79 Å². The number of nitrogens with zero attached hydrogens (tertiary/aromatic N) is 1. The second-order valence-corrected chi connectivity index (χ2v) is 13.5. The number of aliphatic hydroxyl groups is 1. The first-order valence-corrected chi connectivity index (χ1v) is 15.9. The van der Waals surface area contributed by atoms with Crippen molar-refractivity contribution in [1.82, 2.24) is 0 Å². The fourth-order valence-electron chi connectivity index (χ4n) is 8.27. The summed E-state index contributed by atoms with van der Waals surface area (Å²) in [4.78, 5) is 19.4. The van der Waals surface area contributed by atoms with Gasteiger partial charge in [-0.15, -0.1) is 0 Å². The van der Waals surface area contributed by atoms with E-state index >= 15 is 0 Å². The molecule has 3 aliphatic carbocycles. The van der Waals surface area contributed by atoms with Gasteiger partial charge in [0, 0.05) is 39.3 Å². The van der Waals surface area contributed by atoms with Crippen LogP contribution in [-0.2, 0) is 4.79 Å². The van der Waals surface area contributed by atoms with Gasteiger partial charge in [0.15, 0.2) is 0 Å².